The van der Waals surface area contributed by atoms with Gasteiger partial charge in [-0.2, -0.15) is 67.3 Å². The van der Waals surface area contributed by atoms with Crippen molar-refractivity contribution in [2.45, 2.75) is 39.2 Å². The van der Waals surface area contributed by atoms with Gasteiger partial charge in [-0.3, -0.25) is 36.4 Å². The van der Waals surface area contributed by atoms with E-state index in [-0.39, 0.29) is 66.5 Å². The van der Waals surface area contributed by atoms with E-state index >= 15 is 0 Å². The number of hydrogen-bond donors (Lipinski definition) is 12. The summed E-state index contributed by atoms with van der Waals surface area (Å²) in [7, 11) is -42.8. The molecule has 36 heteroatoms. The summed E-state index contributed by atoms with van der Waals surface area (Å²) < 4.78 is 285. The van der Waals surface area contributed by atoms with Crippen LogP contribution in [0.2, 0.25) is 0 Å². The molecule has 8 aromatic rings. The second-order valence-electron chi connectivity index (χ2n) is 17.2. The number of benzene rings is 4. The molecule has 0 atom stereocenters. The second kappa shape index (κ2) is 19.2. The van der Waals surface area contributed by atoms with Crippen LogP contribution in [-0.2, 0) is 80.9 Å². The third-order valence-electron chi connectivity index (χ3n) is 12.0. The van der Waals surface area contributed by atoms with Crippen LogP contribution in [0, 0.1) is 0 Å². The average Bonchev–Trinajstić information content (AvgIpc) is 4.17. The first-order valence-corrected chi connectivity index (χ1v) is 32.9. The number of fused-ring (bicyclic) bond motifs is 8. The monoisotopic (exact) mass is 1260 g/mol. The number of aromatic amines is 4. The summed E-state index contributed by atoms with van der Waals surface area (Å²) >= 11 is 0. The lowest BCUT2D eigenvalue weighted by Gasteiger charge is -2.13. The number of aromatic nitrogens is 4. The molecule has 80 heavy (non-hydrogen) atoms. The molecule has 420 valence electrons. The molecule has 0 saturated carbocycles. The Morgan fingerprint density at radius 2 is 0.362 bits per heavy atom. The van der Waals surface area contributed by atoms with E-state index < -0.39 is 142 Å². The minimum Gasteiger partial charge on any atom is -0.354 e. The van der Waals surface area contributed by atoms with E-state index in [2.05, 4.69) is 19.9 Å². The molecule has 1 aliphatic rings. The van der Waals surface area contributed by atoms with Crippen molar-refractivity contribution in [3.63, 3.8) is 0 Å². The molecule has 12 N–H and O–H groups in total. The predicted octanol–water partition coefficient (Wildman–Crippen LogP) is 0.275. The largest absolute Gasteiger partial charge is 0.354 e. The Balaban J connectivity index is 1.56. The molecule has 8 bridgehead atoms. The van der Waals surface area contributed by atoms with Gasteiger partial charge in [0.1, 0.15) is 0 Å². The highest BCUT2D eigenvalue weighted by molar-refractivity contribution is 7.88. The first-order valence-electron chi connectivity index (χ1n) is 21.3. The summed E-state index contributed by atoms with van der Waals surface area (Å²) in [5, 5.41) is -0.899. The Morgan fingerprint density at radius 3 is 0.500 bits per heavy atom. The Bertz CT molecular complexity index is 4440. The number of hydrogen-bond acceptors (Lipinski definition) is 16. The molecule has 0 radical (unpaired) electrons. The van der Waals surface area contributed by atoms with Crippen LogP contribution in [0.4, 0.5) is 0 Å². The third-order valence-corrected chi connectivity index (χ3v) is 18.6. The average molecular weight is 1260 g/mol. The number of nitrogens with one attached hydrogen (secondary N) is 4. The fourth-order valence-electron chi connectivity index (χ4n) is 8.63. The van der Waals surface area contributed by atoms with Gasteiger partial charge < -0.3 is 19.9 Å². The van der Waals surface area contributed by atoms with Gasteiger partial charge in [-0.05, 0) is 144 Å². The van der Waals surface area contributed by atoms with Crippen molar-refractivity contribution in [1.29, 1.82) is 0 Å². The molecule has 0 fully saturated rings. The molecular weight excluding hydrogens is 1230 g/mol. The van der Waals surface area contributed by atoms with Crippen LogP contribution in [0.25, 0.3) is 22.3 Å². The first-order chi connectivity index (χ1) is 36.6. The Kier molecular flexibility index (Phi) is 13.8. The Hall–Kier alpha value is -7.24. The molecule has 9 rings (SSSR count). The van der Waals surface area contributed by atoms with Gasteiger partial charge in [0.2, 0.25) is 0 Å². The molecule has 0 unspecified atom stereocenters. The van der Waals surface area contributed by atoms with E-state index in [1.165, 1.54) is 48.5 Å². The van der Waals surface area contributed by atoms with Gasteiger partial charge in [0, 0.05) is 66.5 Å². The van der Waals surface area contributed by atoms with Crippen molar-refractivity contribution < 1.29 is 104 Å². The minimum atomic E-state index is -5.35. The summed E-state index contributed by atoms with van der Waals surface area (Å²) in [6.45, 7) is 0. The van der Waals surface area contributed by atoms with E-state index in [4.69, 9.17) is 0 Å². The third kappa shape index (κ3) is 11.5. The van der Waals surface area contributed by atoms with Gasteiger partial charge in [0.05, 0.1) is 39.2 Å². The second-order valence-corrected chi connectivity index (χ2v) is 28.6. The highest BCUT2D eigenvalue weighted by Crippen LogP contribution is 2.34. The zero-order valence-corrected chi connectivity index (χ0v) is 45.5. The highest BCUT2D eigenvalue weighted by atomic mass is 32.2. The lowest BCUT2D eigenvalue weighted by Crippen LogP contribution is -2.20. The van der Waals surface area contributed by atoms with E-state index in [0.29, 0.717) is 24.3 Å². The van der Waals surface area contributed by atoms with Crippen LogP contribution in [0.15, 0.2) is 160 Å². The zero-order chi connectivity index (χ0) is 58.8. The van der Waals surface area contributed by atoms with E-state index in [1.54, 1.807) is 0 Å². The molecule has 4 aromatic heterocycles. The summed E-state index contributed by atoms with van der Waals surface area (Å²) in [6.07, 6.45) is 0. The maximum atomic E-state index is 12.7. The van der Waals surface area contributed by atoms with Crippen molar-refractivity contribution in [3.05, 3.63) is 188 Å². The fourth-order valence-corrected chi connectivity index (χ4v) is 13.3. The quantitative estimate of drug-likeness (QED) is 0.0731. The first kappa shape index (κ1) is 57.4. The van der Waals surface area contributed by atoms with Crippen molar-refractivity contribution in [2.75, 3.05) is 0 Å². The van der Waals surface area contributed by atoms with E-state index in [0.717, 1.165) is 48.5 Å². The molecule has 0 amide bonds. The molecule has 1 aliphatic heterocycles. The Morgan fingerprint density at radius 1 is 0.212 bits per heavy atom. The standard InChI is InChI=1S/C44H32N4O24S8/c49-73(50,51)25-9-21(10-26(17-25)74(52,53)54)41-33-1-2-34(45-33)42(22-11-27(75(55,56)57)18-28(12-22)76(58,59)60)36-5-6-38(47-36)44(24-15-31(79(67,68)69)20-32(16-24)80(70,71)72)40-8-7-39(48-40)43(37-4-3-35(41)46-37)23-13-29(77(61,62)63)19-30(14-23)78(64,65)66/h1-20,45-48H,(H,49,50,51)(H,52,53,54)(H,55,56,57)(H,58,59,60)(H,61,62,63)(H,64,65,66)(H,67,68,69)(H,70,71,72). The van der Waals surface area contributed by atoms with Crippen molar-refractivity contribution >= 4 is 103 Å². The van der Waals surface area contributed by atoms with E-state index in [9.17, 15) is 104 Å². The molecule has 28 nitrogen and oxygen atoms in total. The summed E-state index contributed by atoms with van der Waals surface area (Å²) in [6, 6.07) is 17.2. The van der Waals surface area contributed by atoms with Gasteiger partial charge in [0.15, 0.2) is 0 Å². The SMILES string of the molecule is O=S(=O)(O)c1cc(C2=c3ccc([nH]3)=C(c3cc(S(=O)(=O)O)cc(S(=O)(=O)O)c3)c3ccc([nH]3)C(c3cc(S(=O)(=O)O)cc(S(=O)(=O)O)c3)=c3ccc([nH]3)=C(c3cc(S(=O)(=O)O)cc(S(=O)(=O)O)c3)c3ccc2[nH]3)cc(S(=O)(=O)O)c1. The van der Waals surface area contributed by atoms with Crippen LogP contribution in [0.3, 0.4) is 0 Å². The van der Waals surface area contributed by atoms with Crippen LogP contribution >= 0.6 is 0 Å². The normalized spacial score (nSPS) is 14.2. The van der Waals surface area contributed by atoms with Gasteiger partial charge in [-0.15, -0.1) is 0 Å². The Labute approximate surface area is 450 Å². The summed E-state index contributed by atoms with van der Waals surface area (Å²) in [5.74, 6) is 0. The van der Waals surface area contributed by atoms with Gasteiger partial charge in [-0.1, -0.05) is 0 Å². The van der Waals surface area contributed by atoms with Crippen molar-refractivity contribution in [2.24, 2.45) is 0 Å². The van der Waals surface area contributed by atoms with Crippen LogP contribution in [-0.4, -0.2) is 124 Å². The zero-order valence-electron chi connectivity index (χ0n) is 38.9. The molecule has 4 aromatic carbocycles. The molecular formula is C44H32N4O24S8. The molecule has 5 heterocycles. The topological polar surface area (TPSA) is 498 Å². The van der Waals surface area contributed by atoms with Gasteiger partial charge in [-0.25, -0.2) is 0 Å². The van der Waals surface area contributed by atoms with Gasteiger partial charge >= 0.3 is 0 Å². The van der Waals surface area contributed by atoms with Crippen LogP contribution < -0.4 is 21.4 Å². The van der Waals surface area contributed by atoms with Crippen molar-refractivity contribution in [3.8, 4) is 0 Å². The summed E-state index contributed by atoms with van der Waals surface area (Å²) in [5.41, 5.74) is -3.99. The number of H-pyrrole nitrogens is 4. The minimum absolute atomic E-state index is 0.225. The fraction of sp³-hybridized carbons (Fsp3) is 0. The summed E-state index contributed by atoms with van der Waals surface area (Å²) in [4.78, 5) is 2.86. The smallest absolute Gasteiger partial charge is 0.294 e. The van der Waals surface area contributed by atoms with E-state index in [1.807, 2.05) is 0 Å². The lowest BCUT2D eigenvalue weighted by atomic mass is 10.0. The number of rotatable bonds is 12. The highest BCUT2D eigenvalue weighted by Gasteiger charge is 2.28. The predicted molar refractivity (Wildman–Crippen MR) is 272 cm³/mol. The van der Waals surface area contributed by atoms with Crippen LogP contribution in [0.1, 0.15) is 45.0 Å². The maximum Gasteiger partial charge on any atom is 0.294 e. The van der Waals surface area contributed by atoms with Gasteiger partial charge in [0.25, 0.3) is 80.9 Å². The maximum absolute atomic E-state index is 12.7. The van der Waals surface area contributed by atoms with Crippen molar-refractivity contribution in [1.82, 2.24) is 19.9 Å². The molecule has 0 saturated heterocycles. The molecule has 0 aliphatic carbocycles. The lowest BCUT2D eigenvalue weighted by molar-refractivity contribution is 0.476. The van der Waals surface area contributed by atoms with Crippen LogP contribution in [0.5, 0.6) is 0 Å². The molecule has 0 spiro atoms.